The van der Waals surface area contributed by atoms with Crippen LogP contribution in [0.3, 0.4) is 0 Å². The lowest BCUT2D eigenvalue weighted by atomic mass is 9.97. The van der Waals surface area contributed by atoms with Gasteiger partial charge in [0.15, 0.2) is 17.5 Å². The van der Waals surface area contributed by atoms with E-state index in [0.717, 1.165) is 44.0 Å². The molecular weight excluding hydrogens is 501 g/mol. The van der Waals surface area contributed by atoms with Crippen molar-refractivity contribution in [2.24, 2.45) is 10.9 Å². The lowest BCUT2D eigenvalue weighted by Gasteiger charge is -2.33. The van der Waals surface area contributed by atoms with E-state index in [-0.39, 0.29) is 49.1 Å². The van der Waals surface area contributed by atoms with Crippen molar-refractivity contribution in [1.29, 1.82) is 0 Å². The van der Waals surface area contributed by atoms with Gasteiger partial charge in [0.05, 0.1) is 32.8 Å². The first-order valence-electron chi connectivity index (χ1n) is 10.2. The van der Waals surface area contributed by atoms with Gasteiger partial charge in [-0.25, -0.2) is 4.99 Å². The molecule has 0 saturated carbocycles. The second-order valence-electron chi connectivity index (χ2n) is 6.74. The minimum atomic E-state index is -0.0929. The number of aliphatic imine (C=N–C) groups is 1. The second kappa shape index (κ2) is 14.3. The number of hydrogen-bond donors (Lipinski definition) is 2. The topological polar surface area (TPSA) is 92.6 Å². The zero-order valence-corrected chi connectivity index (χ0v) is 20.4. The summed E-state index contributed by atoms with van der Waals surface area (Å²) in [4.78, 5) is 18.9. The number of benzene rings is 1. The standard InChI is InChI=1S/C21H33N3O5.HI/c1-4-22-21(24-10-8-17(9-11-24)20(26)28-5-2)23-15-16-6-7-18(29-13-12-25)19(14-16)27-3;/h6-7,14,17,25H,4-5,8-13,15H2,1-3H3,(H,22,23);1H. The van der Waals surface area contributed by atoms with Crippen molar-refractivity contribution in [3.63, 3.8) is 0 Å². The molecule has 0 atom stereocenters. The molecule has 1 heterocycles. The molecule has 0 unspecified atom stereocenters. The molecule has 1 aliphatic heterocycles. The Hall–Kier alpha value is -1.75. The number of carbonyl (C=O) groups excluding carboxylic acids is 1. The highest BCUT2D eigenvalue weighted by Crippen LogP contribution is 2.28. The number of esters is 1. The lowest BCUT2D eigenvalue weighted by molar-refractivity contribution is -0.149. The fourth-order valence-corrected chi connectivity index (χ4v) is 3.26. The first-order chi connectivity index (χ1) is 14.1. The van der Waals surface area contributed by atoms with E-state index >= 15 is 0 Å². The van der Waals surface area contributed by atoms with Gasteiger partial charge in [-0.15, -0.1) is 24.0 Å². The van der Waals surface area contributed by atoms with Crippen molar-refractivity contribution in [3.05, 3.63) is 23.8 Å². The Balaban J connectivity index is 0.00000450. The number of likely N-dealkylation sites (tertiary alicyclic amines) is 1. The summed E-state index contributed by atoms with van der Waals surface area (Å²) in [6.45, 7) is 7.29. The molecule has 170 valence electrons. The summed E-state index contributed by atoms with van der Waals surface area (Å²) in [5.41, 5.74) is 0.995. The van der Waals surface area contributed by atoms with E-state index in [4.69, 9.17) is 24.3 Å². The summed E-state index contributed by atoms with van der Waals surface area (Å²) in [6, 6.07) is 5.67. The maximum atomic E-state index is 11.9. The molecule has 30 heavy (non-hydrogen) atoms. The highest BCUT2D eigenvalue weighted by atomic mass is 127. The number of nitrogens with zero attached hydrogens (tertiary/aromatic N) is 2. The van der Waals surface area contributed by atoms with Crippen LogP contribution in [0.2, 0.25) is 0 Å². The average Bonchev–Trinajstić information content (AvgIpc) is 2.75. The maximum absolute atomic E-state index is 11.9. The van der Waals surface area contributed by atoms with Gasteiger partial charge in [-0.05, 0) is 44.4 Å². The maximum Gasteiger partial charge on any atom is 0.309 e. The molecular formula is C21H34IN3O5. The minimum absolute atomic E-state index is 0. The zero-order chi connectivity index (χ0) is 21.1. The number of nitrogens with one attached hydrogen (secondary N) is 1. The number of methoxy groups -OCH3 is 1. The third-order valence-corrected chi connectivity index (χ3v) is 4.74. The van der Waals surface area contributed by atoms with E-state index in [1.165, 1.54) is 0 Å². The third kappa shape index (κ3) is 7.82. The molecule has 0 spiro atoms. The fourth-order valence-electron chi connectivity index (χ4n) is 3.26. The van der Waals surface area contributed by atoms with Crippen LogP contribution in [-0.2, 0) is 16.1 Å². The number of aliphatic hydroxyl groups is 1. The molecule has 0 aromatic heterocycles. The van der Waals surface area contributed by atoms with Crippen molar-refractivity contribution in [3.8, 4) is 11.5 Å². The summed E-state index contributed by atoms with van der Waals surface area (Å²) in [6.07, 6.45) is 1.54. The molecule has 9 heteroatoms. The first-order valence-corrected chi connectivity index (χ1v) is 10.2. The largest absolute Gasteiger partial charge is 0.493 e. The summed E-state index contributed by atoms with van der Waals surface area (Å²) in [7, 11) is 1.59. The summed E-state index contributed by atoms with van der Waals surface area (Å²) in [5, 5.41) is 12.3. The van der Waals surface area contributed by atoms with Gasteiger partial charge < -0.3 is 29.5 Å². The van der Waals surface area contributed by atoms with E-state index in [9.17, 15) is 4.79 Å². The van der Waals surface area contributed by atoms with Gasteiger partial charge in [0.2, 0.25) is 0 Å². The van der Waals surface area contributed by atoms with Gasteiger partial charge in [-0.1, -0.05) is 6.07 Å². The zero-order valence-electron chi connectivity index (χ0n) is 18.1. The molecule has 0 radical (unpaired) electrons. The number of rotatable bonds is 9. The van der Waals surface area contributed by atoms with Crippen LogP contribution in [0.1, 0.15) is 32.3 Å². The van der Waals surface area contributed by atoms with Crippen LogP contribution >= 0.6 is 24.0 Å². The molecule has 0 aliphatic carbocycles. The van der Waals surface area contributed by atoms with Crippen LogP contribution in [0.25, 0.3) is 0 Å². The van der Waals surface area contributed by atoms with Crippen LogP contribution in [0.5, 0.6) is 11.5 Å². The van der Waals surface area contributed by atoms with Crippen LogP contribution in [0.4, 0.5) is 0 Å². The molecule has 2 N–H and O–H groups in total. The number of hydrogen-bond acceptors (Lipinski definition) is 6. The quantitative estimate of drug-likeness (QED) is 0.217. The van der Waals surface area contributed by atoms with E-state index in [2.05, 4.69) is 10.2 Å². The van der Waals surface area contributed by atoms with Crippen molar-refractivity contribution in [1.82, 2.24) is 10.2 Å². The van der Waals surface area contributed by atoms with Gasteiger partial charge >= 0.3 is 5.97 Å². The molecule has 2 rings (SSSR count). The SMILES string of the molecule is CCNC(=NCc1ccc(OCCO)c(OC)c1)N1CCC(C(=O)OCC)CC1.I. The van der Waals surface area contributed by atoms with Gasteiger partial charge in [0, 0.05) is 19.6 Å². The molecule has 1 fully saturated rings. The number of ether oxygens (including phenoxy) is 3. The number of carbonyl (C=O) groups is 1. The molecule has 1 aromatic rings. The summed E-state index contributed by atoms with van der Waals surface area (Å²) < 4.78 is 16.0. The van der Waals surface area contributed by atoms with Gasteiger partial charge in [-0.3, -0.25) is 4.79 Å². The molecule has 1 saturated heterocycles. The Morgan fingerprint density at radius 1 is 1.27 bits per heavy atom. The highest BCUT2D eigenvalue weighted by molar-refractivity contribution is 14.0. The Kier molecular flexibility index (Phi) is 12.5. The first kappa shape index (κ1) is 26.3. The molecule has 1 aliphatic rings. The van der Waals surface area contributed by atoms with Crippen molar-refractivity contribution in [2.75, 3.05) is 46.6 Å². The predicted octanol–water partition coefficient (Wildman–Crippen LogP) is 2.42. The van der Waals surface area contributed by atoms with Crippen molar-refractivity contribution < 1.29 is 24.1 Å². The predicted molar refractivity (Wildman–Crippen MR) is 127 cm³/mol. The van der Waals surface area contributed by atoms with Crippen LogP contribution < -0.4 is 14.8 Å². The van der Waals surface area contributed by atoms with Gasteiger partial charge in [-0.2, -0.15) is 0 Å². The second-order valence-corrected chi connectivity index (χ2v) is 6.74. The van der Waals surface area contributed by atoms with E-state index in [1.807, 2.05) is 32.0 Å². The highest BCUT2D eigenvalue weighted by Gasteiger charge is 2.27. The van der Waals surface area contributed by atoms with Crippen molar-refractivity contribution >= 4 is 35.9 Å². The van der Waals surface area contributed by atoms with Crippen LogP contribution in [-0.4, -0.2) is 68.5 Å². The number of piperidine rings is 1. The molecule has 8 nitrogen and oxygen atoms in total. The number of guanidine groups is 1. The monoisotopic (exact) mass is 535 g/mol. The smallest absolute Gasteiger partial charge is 0.309 e. The van der Waals surface area contributed by atoms with Crippen LogP contribution in [0.15, 0.2) is 23.2 Å². The van der Waals surface area contributed by atoms with E-state index in [0.29, 0.717) is 24.7 Å². The summed E-state index contributed by atoms with van der Waals surface area (Å²) >= 11 is 0. The van der Waals surface area contributed by atoms with E-state index in [1.54, 1.807) is 7.11 Å². The summed E-state index contributed by atoms with van der Waals surface area (Å²) in [5.74, 6) is 1.94. The molecule has 0 bridgehead atoms. The third-order valence-electron chi connectivity index (χ3n) is 4.74. The Morgan fingerprint density at radius 3 is 2.60 bits per heavy atom. The Labute approximate surface area is 196 Å². The Morgan fingerprint density at radius 2 is 2.00 bits per heavy atom. The lowest BCUT2D eigenvalue weighted by Crippen LogP contribution is -2.46. The number of halogens is 1. The van der Waals surface area contributed by atoms with Crippen molar-refractivity contribution in [2.45, 2.75) is 33.2 Å². The number of aliphatic hydroxyl groups excluding tert-OH is 1. The molecule has 1 aromatic carbocycles. The molecule has 0 amide bonds. The van der Waals surface area contributed by atoms with Crippen LogP contribution in [0, 0.1) is 5.92 Å². The fraction of sp³-hybridized carbons (Fsp3) is 0.619. The normalized spacial score (nSPS) is 14.7. The minimum Gasteiger partial charge on any atom is -0.493 e. The van der Waals surface area contributed by atoms with E-state index < -0.39 is 0 Å². The van der Waals surface area contributed by atoms with Gasteiger partial charge in [0.25, 0.3) is 0 Å². The Bertz CT molecular complexity index is 679. The average molecular weight is 535 g/mol. The van der Waals surface area contributed by atoms with Gasteiger partial charge in [0.1, 0.15) is 6.61 Å².